The molecule has 0 radical (unpaired) electrons. The number of carbonyl (C=O) groups is 2. The average Bonchev–Trinajstić information content (AvgIpc) is 2.83. The molecular formula is C10H10BrNO4S. The fraction of sp³-hybridized carbons (Fsp3) is 0.400. The fourth-order valence-corrected chi connectivity index (χ4v) is 3.19. The Labute approximate surface area is 110 Å². The molecule has 2 rings (SSSR count). The molecule has 1 fully saturated rings. The molecule has 1 aliphatic rings. The summed E-state index contributed by atoms with van der Waals surface area (Å²) in [5, 5.41) is 18.4. The molecule has 0 aromatic carbocycles. The van der Waals surface area contributed by atoms with Gasteiger partial charge >= 0.3 is 5.97 Å². The van der Waals surface area contributed by atoms with Crippen LogP contribution in [-0.2, 0) is 4.79 Å². The number of amides is 1. The average molecular weight is 320 g/mol. The minimum atomic E-state index is -1.08. The van der Waals surface area contributed by atoms with Gasteiger partial charge in [-0.1, -0.05) is 0 Å². The van der Waals surface area contributed by atoms with E-state index in [-0.39, 0.29) is 18.9 Å². The predicted molar refractivity (Wildman–Crippen MR) is 65.1 cm³/mol. The van der Waals surface area contributed by atoms with E-state index in [1.165, 1.54) is 16.2 Å². The maximum atomic E-state index is 12.1. The summed E-state index contributed by atoms with van der Waals surface area (Å²) < 4.78 is 0.812. The van der Waals surface area contributed by atoms with Gasteiger partial charge in [-0.3, -0.25) is 4.79 Å². The smallest absolute Gasteiger partial charge is 0.326 e. The van der Waals surface area contributed by atoms with Gasteiger partial charge < -0.3 is 15.1 Å². The van der Waals surface area contributed by atoms with Crippen molar-refractivity contribution in [2.24, 2.45) is 0 Å². The van der Waals surface area contributed by atoms with Gasteiger partial charge in [0.15, 0.2) is 0 Å². The van der Waals surface area contributed by atoms with Crippen molar-refractivity contribution in [1.82, 2.24) is 4.90 Å². The quantitative estimate of drug-likeness (QED) is 0.857. The molecular weight excluding hydrogens is 310 g/mol. The molecule has 1 aliphatic heterocycles. The highest BCUT2D eigenvalue weighted by molar-refractivity contribution is 9.11. The summed E-state index contributed by atoms with van der Waals surface area (Å²) >= 11 is 4.50. The van der Waals surface area contributed by atoms with Crippen molar-refractivity contribution in [3.05, 3.63) is 20.8 Å². The Morgan fingerprint density at radius 2 is 2.18 bits per heavy atom. The van der Waals surface area contributed by atoms with Crippen molar-refractivity contribution < 1.29 is 19.8 Å². The molecule has 1 aromatic rings. The van der Waals surface area contributed by atoms with Crippen molar-refractivity contribution in [3.63, 3.8) is 0 Å². The Kier molecular flexibility index (Phi) is 3.50. The van der Waals surface area contributed by atoms with Gasteiger partial charge in [0.2, 0.25) is 0 Å². The summed E-state index contributed by atoms with van der Waals surface area (Å²) in [6, 6.07) is 2.44. The van der Waals surface area contributed by atoms with Crippen LogP contribution in [0.3, 0.4) is 0 Å². The molecule has 2 atom stereocenters. The van der Waals surface area contributed by atoms with Crippen LogP contribution in [0.4, 0.5) is 0 Å². The van der Waals surface area contributed by atoms with Crippen LogP contribution in [0.25, 0.3) is 0 Å². The summed E-state index contributed by atoms with van der Waals surface area (Å²) in [6.45, 7) is 0.0747. The number of aliphatic hydroxyl groups excluding tert-OH is 1. The van der Waals surface area contributed by atoms with Crippen molar-refractivity contribution >= 4 is 39.1 Å². The molecule has 1 amide bonds. The normalized spacial score (nSPS) is 24.0. The molecule has 2 heterocycles. The number of carboxylic acids is 1. The number of aliphatic hydroxyl groups is 1. The van der Waals surface area contributed by atoms with E-state index >= 15 is 0 Å². The number of likely N-dealkylation sites (tertiary alicyclic amines) is 1. The highest BCUT2D eigenvalue weighted by atomic mass is 79.9. The van der Waals surface area contributed by atoms with Gasteiger partial charge in [0.05, 0.1) is 14.8 Å². The minimum Gasteiger partial charge on any atom is -0.480 e. The van der Waals surface area contributed by atoms with Crippen molar-refractivity contribution in [2.45, 2.75) is 18.6 Å². The third-order valence-corrected chi connectivity index (χ3v) is 4.22. The van der Waals surface area contributed by atoms with E-state index in [0.717, 1.165) is 3.79 Å². The van der Waals surface area contributed by atoms with Gasteiger partial charge in [0.25, 0.3) is 5.91 Å². The third-order valence-electron chi connectivity index (χ3n) is 2.61. The lowest BCUT2D eigenvalue weighted by Crippen LogP contribution is -2.40. The Bertz CT molecular complexity index is 461. The van der Waals surface area contributed by atoms with Gasteiger partial charge in [0.1, 0.15) is 6.04 Å². The van der Waals surface area contributed by atoms with Crippen molar-refractivity contribution in [3.8, 4) is 0 Å². The molecule has 0 bridgehead atoms. The Balaban J connectivity index is 2.21. The molecule has 92 valence electrons. The molecule has 0 aliphatic carbocycles. The summed E-state index contributed by atoms with van der Waals surface area (Å²) in [6.07, 6.45) is -0.670. The van der Waals surface area contributed by atoms with Crippen LogP contribution in [0.1, 0.15) is 16.1 Å². The number of aliphatic carboxylic acids is 1. The number of nitrogens with zero attached hydrogens (tertiary/aromatic N) is 1. The van der Waals surface area contributed by atoms with Crippen LogP contribution < -0.4 is 0 Å². The second-order valence-electron chi connectivity index (χ2n) is 3.80. The van der Waals surface area contributed by atoms with Crippen LogP contribution in [0.15, 0.2) is 15.9 Å². The van der Waals surface area contributed by atoms with Crippen LogP contribution in [0, 0.1) is 0 Å². The molecule has 0 spiro atoms. The SMILES string of the molecule is O=C(O)[C@@H]1C[C@H](O)CN1C(=O)c1ccc(Br)s1. The van der Waals surface area contributed by atoms with Gasteiger partial charge in [-0.25, -0.2) is 4.79 Å². The monoisotopic (exact) mass is 319 g/mol. The Morgan fingerprint density at radius 1 is 1.47 bits per heavy atom. The second kappa shape index (κ2) is 4.75. The van der Waals surface area contributed by atoms with E-state index in [2.05, 4.69) is 15.9 Å². The van der Waals surface area contributed by atoms with Crippen LogP contribution >= 0.6 is 27.3 Å². The molecule has 0 saturated carbocycles. The van der Waals surface area contributed by atoms with Gasteiger partial charge in [-0.15, -0.1) is 11.3 Å². The standard InChI is InChI=1S/C10H10BrNO4S/c11-8-2-1-7(17-8)9(14)12-4-5(13)3-6(12)10(15)16/h1-2,5-6,13H,3-4H2,(H,15,16)/t5-,6-/m0/s1. The van der Waals surface area contributed by atoms with Gasteiger partial charge in [0, 0.05) is 13.0 Å². The Hall–Kier alpha value is -0.920. The molecule has 0 unspecified atom stereocenters. The zero-order valence-corrected chi connectivity index (χ0v) is 11.1. The highest BCUT2D eigenvalue weighted by Gasteiger charge is 2.39. The van der Waals surface area contributed by atoms with E-state index in [1.54, 1.807) is 12.1 Å². The van der Waals surface area contributed by atoms with Crippen LogP contribution in [-0.4, -0.2) is 45.7 Å². The maximum Gasteiger partial charge on any atom is 0.326 e. The van der Waals surface area contributed by atoms with Crippen LogP contribution in [0.5, 0.6) is 0 Å². The first kappa shape index (κ1) is 12.5. The highest BCUT2D eigenvalue weighted by Crippen LogP contribution is 2.27. The maximum absolute atomic E-state index is 12.1. The summed E-state index contributed by atoms with van der Waals surface area (Å²) in [4.78, 5) is 24.7. The zero-order valence-electron chi connectivity index (χ0n) is 8.67. The topological polar surface area (TPSA) is 77.8 Å². The van der Waals surface area contributed by atoms with Crippen molar-refractivity contribution in [1.29, 1.82) is 0 Å². The lowest BCUT2D eigenvalue weighted by atomic mass is 10.2. The molecule has 17 heavy (non-hydrogen) atoms. The largest absolute Gasteiger partial charge is 0.480 e. The lowest BCUT2D eigenvalue weighted by molar-refractivity contribution is -0.141. The second-order valence-corrected chi connectivity index (χ2v) is 6.27. The number of thiophene rings is 1. The first-order valence-electron chi connectivity index (χ1n) is 4.96. The summed E-state index contributed by atoms with van der Waals surface area (Å²) in [5.41, 5.74) is 0. The number of rotatable bonds is 2. The molecule has 5 nitrogen and oxygen atoms in total. The summed E-state index contributed by atoms with van der Waals surface area (Å²) in [7, 11) is 0. The number of β-amino-alcohol motifs (C(OH)–C–C–N with tert-alkyl or cyclic N) is 1. The van der Waals surface area contributed by atoms with E-state index in [1.807, 2.05) is 0 Å². The Morgan fingerprint density at radius 3 is 2.71 bits per heavy atom. The van der Waals surface area contributed by atoms with Crippen molar-refractivity contribution in [2.75, 3.05) is 6.54 Å². The zero-order chi connectivity index (χ0) is 12.6. The molecule has 1 saturated heterocycles. The first-order valence-corrected chi connectivity index (χ1v) is 6.57. The number of halogens is 1. The van der Waals surface area contributed by atoms with Gasteiger partial charge in [-0.05, 0) is 28.1 Å². The van der Waals surface area contributed by atoms with E-state index in [4.69, 9.17) is 5.11 Å². The van der Waals surface area contributed by atoms with E-state index in [0.29, 0.717) is 4.88 Å². The third kappa shape index (κ3) is 2.51. The summed E-state index contributed by atoms with van der Waals surface area (Å²) in [5.74, 6) is -1.42. The molecule has 2 N–H and O–H groups in total. The fourth-order valence-electron chi connectivity index (χ4n) is 1.84. The van der Waals surface area contributed by atoms with E-state index < -0.39 is 18.1 Å². The van der Waals surface area contributed by atoms with Crippen LogP contribution in [0.2, 0.25) is 0 Å². The first-order chi connectivity index (χ1) is 7.99. The number of hydrogen-bond acceptors (Lipinski definition) is 4. The lowest BCUT2D eigenvalue weighted by Gasteiger charge is -2.20. The van der Waals surface area contributed by atoms with Gasteiger partial charge in [-0.2, -0.15) is 0 Å². The minimum absolute atomic E-state index is 0.0747. The number of carboxylic acid groups (broad SMARTS) is 1. The number of carbonyl (C=O) groups excluding carboxylic acids is 1. The van der Waals surface area contributed by atoms with E-state index in [9.17, 15) is 14.7 Å². The molecule has 7 heteroatoms. The predicted octanol–water partition coefficient (Wildman–Crippen LogP) is 1.17. The number of hydrogen-bond donors (Lipinski definition) is 2. The molecule has 1 aromatic heterocycles.